The van der Waals surface area contributed by atoms with Crippen molar-refractivity contribution in [1.29, 1.82) is 0 Å². The Balaban J connectivity index is 0.000001000. The fraction of sp³-hybridized carbons (Fsp3) is 0.333. The van der Waals surface area contributed by atoms with Crippen molar-refractivity contribution in [2.24, 2.45) is 0 Å². The van der Waals surface area contributed by atoms with Gasteiger partial charge in [-0.2, -0.15) is 0 Å². The number of halogens is 1. The van der Waals surface area contributed by atoms with Gasteiger partial charge in [0.05, 0.1) is 5.69 Å². The molecule has 11 heavy (non-hydrogen) atoms. The third kappa shape index (κ3) is 3.04. The van der Waals surface area contributed by atoms with E-state index in [1.165, 1.54) is 0 Å². The third-order valence-corrected chi connectivity index (χ3v) is 1.00. The lowest BCUT2D eigenvalue weighted by Gasteiger charge is -1.83. The van der Waals surface area contributed by atoms with E-state index in [0.717, 1.165) is 0 Å². The predicted octanol–water partition coefficient (Wildman–Crippen LogP) is 1.03. The smallest absolute Gasteiger partial charge is 0.311 e. The number of carboxylic acids is 1. The van der Waals surface area contributed by atoms with Crippen LogP contribution in [0.15, 0.2) is 10.6 Å². The first-order valence-corrected chi connectivity index (χ1v) is 2.82. The second-order valence-electron chi connectivity index (χ2n) is 2.01. The minimum atomic E-state index is -0.906. The Bertz CT molecular complexity index is 246. The molecule has 1 rings (SSSR count). The van der Waals surface area contributed by atoms with Crippen LogP contribution in [0.3, 0.4) is 0 Å². The van der Waals surface area contributed by atoms with Crippen LogP contribution < -0.4 is 0 Å². The van der Waals surface area contributed by atoms with E-state index < -0.39 is 5.97 Å². The van der Waals surface area contributed by atoms with E-state index >= 15 is 0 Å². The zero-order valence-electron chi connectivity index (χ0n) is 5.90. The van der Waals surface area contributed by atoms with E-state index in [9.17, 15) is 4.79 Å². The van der Waals surface area contributed by atoms with E-state index in [4.69, 9.17) is 5.11 Å². The van der Waals surface area contributed by atoms with Gasteiger partial charge in [-0.3, -0.25) is 4.79 Å². The normalized spacial score (nSPS) is 8.82. The fourth-order valence-corrected chi connectivity index (χ4v) is 0.649. The van der Waals surface area contributed by atoms with Crippen LogP contribution in [0.1, 0.15) is 11.5 Å². The zero-order valence-corrected chi connectivity index (χ0v) is 6.72. The summed E-state index contributed by atoms with van der Waals surface area (Å²) in [7, 11) is 0. The summed E-state index contributed by atoms with van der Waals surface area (Å²) in [5.41, 5.74) is 0.705. The quantitative estimate of drug-likeness (QED) is 0.733. The van der Waals surface area contributed by atoms with Gasteiger partial charge in [-0.1, -0.05) is 5.16 Å². The van der Waals surface area contributed by atoms with Crippen LogP contribution in [-0.4, -0.2) is 16.2 Å². The molecule has 1 heterocycles. The van der Waals surface area contributed by atoms with Crippen molar-refractivity contribution in [3.63, 3.8) is 0 Å². The second-order valence-corrected chi connectivity index (χ2v) is 2.01. The highest BCUT2D eigenvalue weighted by Gasteiger charge is 2.04. The standard InChI is InChI=1S/C6H7NO3.ClH/c1-4-2-5(10-7-4)3-6(8)9;/h2H,3H2,1H3,(H,8,9);1H. The lowest BCUT2D eigenvalue weighted by molar-refractivity contribution is -0.136. The zero-order chi connectivity index (χ0) is 7.56. The molecule has 62 valence electrons. The molecule has 0 aromatic carbocycles. The first-order chi connectivity index (χ1) is 4.68. The molecule has 0 saturated carbocycles. The molecule has 1 aromatic heterocycles. The predicted molar refractivity (Wildman–Crippen MR) is 39.8 cm³/mol. The maximum absolute atomic E-state index is 10.1. The van der Waals surface area contributed by atoms with E-state index in [1.54, 1.807) is 13.0 Å². The summed E-state index contributed by atoms with van der Waals surface area (Å²) in [5.74, 6) is -0.513. The average Bonchev–Trinajstić information content (AvgIpc) is 2.13. The van der Waals surface area contributed by atoms with Gasteiger partial charge in [0.2, 0.25) is 0 Å². The fourth-order valence-electron chi connectivity index (χ4n) is 0.649. The Labute approximate surface area is 69.6 Å². The monoisotopic (exact) mass is 177 g/mol. The Morgan fingerprint density at radius 3 is 2.82 bits per heavy atom. The molecule has 0 saturated heterocycles. The molecular weight excluding hydrogens is 170 g/mol. The summed E-state index contributed by atoms with van der Waals surface area (Å²) in [6.45, 7) is 1.74. The van der Waals surface area contributed by atoms with Crippen molar-refractivity contribution in [1.82, 2.24) is 5.16 Å². The molecular formula is C6H8ClNO3. The Hall–Kier alpha value is -1.03. The van der Waals surface area contributed by atoms with Crippen LogP contribution in [0.5, 0.6) is 0 Å². The van der Waals surface area contributed by atoms with Crippen LogP contribution in [0.2, 0.25) is 0 Å². The lowest BCUT2D eigenvalue weighted by atomic mass is 10.3. The molecule has 0 spiro atoms. The van der Waals surface area contributed by atoms with Gasteiger partial charge in [0.15, 0.2) is 0 Å². The van der Waals surface area contributed by atoms with E-state index in [-0.39, 0.29) is 18.8 Å². The van der Waals surface area contributed by atoms with Gasteiger partial charge in [-0.15, -0.1) is 12.4 Å². The second kappa shape index (κ2) is 3.98. The Morgan fingerprint density at radius 2 is 2.45 bits per heavy atom. The molecule has 1 N–H and O–H groups in total. The van der Waals surface area contributed by atoms with Gasteiger partial charge in [0, 0.05) is 6.07 Å². The van der Waals surface area contributed by atoms with E-state index in [0.29, 0.717) is 11.5 Å². The van der Waals surface area contributed by atoms with Gasteiger partial charge in [0.1, 0.15) is 12.2 Å². The van der Waals surface area contributed by atoms with Crippen LogP contribution >= 0.6 is 12.4 Å². The molecule has 0 unspecified atom stereocenters. The first kappa shape index (κ1) is 9.97. The van der Waals surface area contributed by atoms with Gasteiger partial charge in [0.25, 0.3) is 0 Å². The van der Waals surface area contributed by atoms with Crippen molar-refractivity contribution < 1.29 is 14.4 Å². The van der Waals surface area contributed by atoms with Crippen molar-refractivity contribution >= 4 is 18.4 Å². The molecule has 0 aliphatic rings. The Kier molecular flexibility index (Phi) is 3.60. The number of rotatable bonds is 2. The van der Waals surface area contributed by atoms with Crippen molar-refractivity contribution in [2.75, 3.05) is 0 Å². The maximum atomic E-state index is 10.1. The number of hydrogen-bond donors (Lipinski definition) is 1. The van der Waals surface area contributed by atoms with Crippen molar-refractivity contribution in [3.8, 4) is 0 Å². The van der Waals surface area contributed by atoms with Gasteiger partial charge in [-0.05, 0) is 6.92 Å². The number of aryl methyl sites for hydroxylation is 1. The highest BCUT2D eigenvalue weighted by Crippen LogP contribution is 2.01. The van der Waals surface area contributed by atoms with Gasteiger partial charge >= 0.3 is 5.97 Å². The molecule has 0 bridgehead atoms. The van der Waals surface area contributed by atoms with E-state index in [1.807, 2.05) is 0 Å². The van der Waals surface area contributed by atoms with E-state index in [2.05, 4.69) is 9.68 Å². The average molecular weight is 178 g/mol. The third-order valence-electron chi connectivity index (χ3n) is 1.00. The molecule has 0 aliphatic carbocycles. The molecule has 0 aliphatic heterocycles. The number of carbonyl (C=O) groups is 1. The van der Waals surface area contributed by atoms with Crippen molar-refractivity contribution in [3.05, 3.63) is 17.5 Å². The van der Waals surface area contributed by atoms with Crippen LogP contribution in [0.4, 0.5) is 0 Å². The molecule has 5 heteroatoms. The van der Waals surface area contributed by atoms with Crippen LogP contribution in [0.25, 0.3) is 0 Å². The number of carboxylic acid groups (broad SMARTS) is 1. The highest BCUT2D eigenvalue weighted by atomic mass is 35.5. The number of aromatic nitrogens is 1. The van der Waals surface area contributed by atoms with Crippen LogP contribution in [-0.2, 0) is 11.2 Å². The summed E-state index contributed by atoms with van der Waals surface area (Å²) >= 11 is 0. The summed E-state index contributed by atoms with van der Waals surface area (Å²) in [4.78, 5) is 10.1. The SMILES string of the molecule is Cc1cc(CC(=O)O)on1.Cl. The maximum Gasteiger partial charge on any atom is 0.311 e. The number of aliphatic carboxylic acids is 1. The van der Waals surface area contributed by atoms with Crippen LogP contribution in [0, 0.1) is 6.92 Å². The largest absolute Gasteiger partial charge is 0.481 e. The van der Waals surface area contributed by atoms with Crippen molar-refractivity contribution in [2.45, 2.75) is 13.3 Å². The summed E-state index contributed by atoms with van der Waals surface area (Å²) in [5, 5.41) is 11.8. The Morgan fingerprint density at radius 1 is 1.82 bits per heavy atom. The molecule has 0 fully saturated rings. The first-order valence-electron chi connectivity index (χ1n) is 2.82. The molecule has 0 atom stereocenters. The minimum absolute atomic E-state index is 0. The molecule has 1 aromatic rings. The minimum Gasteiger partial charge on any atom is -0.481 e. The topological polar surface area (TPSA) is 63.3 Å². The lowest BCUT2D eigenvalue weighted by Crippen LogP contribution is -1.97. The summed E-state index contributed by atoms with van der Waals surface area (Å²) in [6, 6.07) is 1.61. The highest BCUT2D eigenvalue weighted by molar-refractivity contribution is 5.85. The van der Waals surface area contributed by atoms with Gasteiger partial charge < -0.3 is 9.63 Å². The van der Waals surface area contributed by atoms with Gasteiger partial charge in [-0.25, -0.2) is 0 Å². The number of hydrogen-bond acceptors (Lipinski definition) is 3. The number of nitrogens with zero attached hydrogens (tertiary/aromatic N) is 1. The summed E-state index contributed by atoms with van der Waals surface area (Å²) < 4.78 is 4.64. The summed E-state index contributed by atoms with van der Waals surface area (Å²) in [6.07, 6.45) is -0.0964. The molecule has 4 nitrogen and oxygen atoms in total. The molecule has 0 radical (unpaired) electrons. The molecule has 0 amide bonds.